The zero-order valence-corrected chi connectivity index (χ0v) is 25.0. The van der Waals surface area contributed by atoms with Crippen molar-refractivity contribution in [1.29, 1.82) is 0 Å². The number of benzene rings is 2. The van der Waals surface area contributed by atoms with Gasteiger partial charge in [0, 0.05) is 0 Å². The average Bonchev–Trinajstić information content (AvgIpc) is 3.26. The quantitative estimate of drug-likeness (QED) is 0.478. The predicted molar refractivity (Wildman–Crippen MR) is 126 cm³/mol. The summed E-state index contributed by atoms with van der Waals surface area (Å²) >= 11 is 1.59. The van der Waals surface area contributed by atoms with Crippen LogP contribution in [0.1, 0.15) is 26.7 Å². The second kappa shape index (κ2) is 10.4. The van der Waals surface area contributed by atoms with E-state index in [1.807, 2.05) is 0 Å². The summed E-state index contributed by atoms with van der Waals surface area (Å²) in [5.74, 6) is 0. The van der Waals surface area contributed by atoms with Crippen LogP contribution in [0.25, 0.3) is 16.7 Å². The first kappa shape index (κ1) is 27.0. The van der Waals surface area contributed by atoms with Gasteiger partial charge in [-0.2, -0.15) is 0 Å². The molecule has 4 rings (SSSR count). The molecule has 2 aliphatic carbocycles. The zero-order valence-electron chi connectivity index (χ0n) is 19.1. The van der Waals surface area contributed by atoms with E-state index >= 15 is 0 Å². The van der Waals surface area contributed by atoms with E-state index in [1.165, 1.54) is 28.3 Å². The number of hydrogen-bond acceptors (Lipinski definition) is 1. The first-order valence-electron chi connectivity index (χ1n) is 10.7. The first-order valence-corrected chi connectivity index (χ1v) is 18.7. The van der Waals surface area contributed by atoms with Gasteiger partial charge in [-0.3, -0.25) is 0 Å². The third-order valence-corrected chi connectivity index (χ3v) is 12.1. The van der Waals surface area contributed by atoms with Crippen LogP contribution in [0.4, 0.5) is 0 Å². The van der Waals surface area contributed by atoms with Gasteiger partial charge in [-0.15, -0.1) is 0 Å². The Balaban J connectivity index is 0.00000171. The zero-order chi connectivity index (χ0) is 20.8. The minimum atomic E-state index is -1.55. The molecule has 0 radical (unpaired) electrons. The van der Waals surface area contributed by atoms with Crippen molar-refractivity contribution < 1.29 is 54.0 Å². The number of hydrogen-bond donors (Lipinski definition) is 0. The van der Waals surface area contributed by atoms with Gasteiger partial charge in [-0.1, -0.05) is 0 Å². The molecule has 1 atom stereocenters. The normalized spacial score (nSPS) is 17.2. The van der Waals surface area contributed by atoms with Crippen molar-refractivity contribution in [3.05, 3.63) is 76.5 Å². The maximum absolute atomic E-state index is 6.23. The summed E-state index contributed by atoms with van der Waals surface area (Å²) in [4.78, 5) is 0. The van der Waals surface area contributed by atoms with Gasteiger partial charge in [-0.05, 0) is 0 Å². The topological polar surface area (TPSA) is 9.23 Å². The Hall–Kier alpha value is -0.223. The van der Waals surface area contributed by atoms with Gasteiger partial charge in [-0.25, -0.2) is 0 Å². The van der Waals surface area contributed by atoms with E-state index in [2.05, 4.69) is 87.4 Å². The average molecular weight is 566 g/mol. The Labute approximate surface area is 217 Å². The molecule has 0 bridgehead atoms. The largest absolute Gasteiger partial charge is 1.00 e. The molecule has 0 spiro atoms. The van der Waals surface area contributed by atoms with Gasteiger partial charge in [0.15, 0.2) is 0 Å². The number of allylic oxidation sites excluding steroid dienone is 4. The molecule has 0 saturated carbocycles. The number of fused-ring (bicyclic) bond motifs is 3. The standard InChI is InChI=1S/C25H31OSi2.2ClH.Zr/c1-27(2,3)26-16-17-28(4,5)25-15-9-14-23(25)22-13-8-12-21-20-11-7-6-10-19(20)18-24(21)22;;;/h6-13,15,18H,14,16-17H2,1-5H3;2*1H;/q;;;+2/p-2. The molecule has 163 valence electrons. The molecule has 2 aromatic carbocycles. The van der Waals surface area contributed by atoms with Crippen LogP contribution in [0.2, 0.25) is 38.8 Å². The monoisotopic (exact) mass is 563 g/mol. The molecule has 31 heavy (non-hydrogen) atoms. The second-order valence-electron chi connectivity index (χ2n) is 9.88. The molecular formula is C25H31Cl2OSi2Zr. The van der Waals surface area contributed by atoms with Crippen molar-refractivity contribution in [3.63, 3.8) is 0 Å². The summed E-state index contributed by atoms with van der Waals surface area (Å²) in [6.45, 7) is 12.8. The third kappa shape index (κ3) is 5.48. The fourth-order valence-electron chi connectivity index (χ4n) is 4.67. The fourth-order valence-corrected chi connectivity index (χ4v) is 9.47. The van der Waals surface area contributed by atoms with Crippen LogP contribution in [0.15, 0.2) is 59.8 Å². The van der Waals surface area contributed by atoms with Crippen molar-refractivity contribution >= 4 is 22.0 Å². The van der Waals surface area contributed by atoms with E-state index in [0.717, 1.165) is 13.0 Å². The van der Waals surface area contributed by atoms with Crippen molar-refractivity contribution in [2.75, 3.05) is 6.61 Å². The Kier molecular flexibility index (Phi) is 9.04. The molecular weight excluding hydrogens is 535 g/mol. The van der Waals surface area contributed by atoms with Crippen LogP contribution < -0.4 is 24.8 Å². The molecule has 0 aliphatic heterocycles. The van der Waals surface area contributed by atoms with Crippen LogP contribution >= 0.6 is 0 Å². The predicted octanol–water partition coefficient (Wildman–Crippen LogP) is 1.12. The smallest absolute Gasteiger partial charge is 1.00 e. The molecule has 0 fully saturated rings. The molecule has 0 amide bonds. The molecule has 0 saturated heterocycles. The van der Waals surface area contributed by atoms with Crippen LogP contribution in [-0.2, 0) is 29.1 Å². The summed E-state index contributed by atoms with van der Waals surface area (Å²) < 4.78 is 6.78. The Morgan fingerprint density at radius 1 is 0.903 bits per heavy atom. The molecule has 0 aromatic heterocycles. The minimum absolute atomic E-state index is 0. The summed E-state index contributed by atoms with van der Waals surface area (Å²) in [7, 11) is -3.00. The van der Waals surface area contributed by atoms with Gasteiger partial charge in [0.05, 0.1) is 0 Å². The first-order chi connectivity index (χ1) is 13.7. The summed E-state index contributed by atoms with van der Waals surface area (Å²) in [6.07, 6.45) is 5.91. The molecule has 2 aliphatic rings. The van der Waals surface area contributed by atoms with Gasteiger partial charge in [0.2, 0.25) is 0 Å². The molecule has 0 N–H and O–H groups in total. The van der Waals surface area contributed by atoms with E-state index < -0.39 is 16.4 Å². The Bertz CT molecular complexity index is 1010. The fraction of sp³-hybridized carbons (Fsp3) is 0.360. The van der Waals surface area contributed by atoms with Gasteiger partial charge >= 0.3 is 194 Å². The minimum Gasteiger partial charge on any atom is -1.00 e. The van der Waals surface area contributed by atoms with Crippen molar-refractivity contribution in [2.24, 2.45) is 0 Å². The van der Waals surface area contributed by atoms with Crippen LogP contribution in [-0.4, -0.2) is 23.0 Å². The molecule has 2 aromatic rings. The maximum Gasteiger partial charge on any atom is -1.00 e. The van der Waals surface area contributed by atoms with Gasteiger partial charge in [0.25, 0.3) is 0 Å². The van der Waals surface area contributed by atoms with Gasteiger partial charge in [0.1, 0.15) is 0 Å². The van der Waals surface area contributed by atoms with Crippen LogP contribution in [0.3, 0.4) is 0 Å². The van der Waals surface area contributed by atoms with Crippen molar-refractivity contribution in [1.82, 2.24) is 0 Å². The summed E-state index contributed by atoms with van der Waals surface area (Å²) in [6, 6.07) is 17.2. The molecule has 1 unspecified atom stereocenters. The van der Waals surface area contributed by atoms with Crippen molar-refractivity contribution in [2.45, 2.75) is 48.8 Å². The van der Waals surface area contributed by atoms with Crippen molar-refractivity contribution in [3.8, 4) is 11.1 Å². The van der Waals surface area contributed by atoms with E-state index in [-0.39, 0.29) is 24.8 Å². The Morgan fingerprint density at radius 2 is 1.55 bits per heavy atom. The third-order valence-electron chi connectivity index (χ3n) is 6.20. The van der Waals surface area contributed by atoms with E-state index in [4.69, 9.17) is 4.43 Å². The molecule has 6 heteroatoms. The van der Waals surface area contributed by atoms with E-state index in [9.17, 15) is 0 Å². The SMILES string of the molecule is C[Si](C)(C)OCC[Si](C)(C)C1=C(c2cccc3c2[CH]([Zr+2])c2ccccc2-3)CC=C1.[Cl-].[Cl-]. The van der Waals surface area contributed by atoms with E-state index in [0.29, 0.717) is 3.63 Å². The maximum atomic E-state index is 6.23. The molecule has 1 nitrogen and oxygen atoms in total. The summed E-state index contributed by atoms with van der Waals surface area (Å²) in [5.41, 5.74) is 9.09. The Morgan fingerprint density at radius 3 is 2.26 bits per heavy atom. The molecule has 0 heterocycles. The van der Waals surface area contributed by atoms with Crippen LogP contribution in [0.5, 0.6) is 0 Å². The van der Waals surface area contributed by atoms with Crippen LogP contribution in [0, 0.1) is 0 Å². The van der Waals surface area contributed by atoms with E-state index in [1.54, 1.807) is 41.1 Å². The summed E-state index contributed by atoms with van der Waals surface area (Å²) in [5, 5.41) is 1.64. The number of halogens is 2. The number of rotatable bonds is 6. The second-order valence-corrected chi connectivity index (χ2v) is 20.6. The van der Waals surface area contributed by atoms with Gasteiger partial charge < -0.3 is 24.8 Å².